The smallest absolute Gasteiger partial charge is 0.103 e. The zero-order chi connectivity index (χ0) is 13.0. The molecule has 2 nitrogen and oxygen atoms in total. The van der Waals surface area contributed by atoms with Crippen molar-refractivity contribution in [1.82, 2.24) is 0 Å². The quantitative estimate of drug-likeness (QED) is 0.855. The van der Waals surface area contributed by atoms with E-state index in [1.807, 2.05) is 42.5 Å². The highest BCUT2D eigenvalue weighted by Gasteiger charge is 2.05. The maximum atomic E-state index is 9.11. The highest BCUT2D eigenvalue weighted by Crippen LogP contribution is 2.24. The zero-order valence-corrected chi connectivity index (χ0v) is 12.6. The maximum absolute atomic E-state index is 9.11. The lowest BCUT2D eigenvalue weighted by atomic mass is 10.1. The van der Waals surface area contributed by atoms with Crippen LogP contribution in [0.4, 0.5) is 5.69 Å². The minimum atomic E-state index is 0.634. The second-order valence-corrected chi connectivity index (χ2v) is 5.52. The highest BCUT2D eigenvalue weighted by molar-refractivity contribution is 9.10. The Morgan fingerprint density at radius 2 is 1.78 bits per heavy atom. The van der Waals surface area contributed by atoms with Gasteiger partial charge in [-0.25, -0.2) is 0 Å². The number of benzene rings is 2. The normalized spacial score (nSPS) is 9.83. The average molecular weight is 366 g/mol. The molecule has 2 aromatic carbocycles. The predicted molar refractivity (Wildman–Crippen MR) is 80.3 cm³/mol. The van der Waals surface area contributed by atoms with E-state index in [4.69, 9.17) is 5.26 Å². The average Bonchev–Trinajstić information content (AvgIpc) is 2.38. The summed E-state index contributed by atoms with van der Waals surface area (Å²) in [6.45, 7) is 0.693. The predicted octanol–water partition coefficient (Wildman–Crippen LogP) is 4.70. The van der Waals surface area contributed by atoms with Crippen LogP contribution >= 0.6 is 31.9 Å². The number of hydrogen-bond acceptors (Lipinski definition) is 2. The maximum Gasteiger partial charge on any atom is 0.103 e. The van der Waals surface area contributed by atoms with Crippen LogP contribution in [0.2, 0.25) is 0 Å². The van der Waals surface area contributed by atoms with E-state index in [2.05, 4.69) is 43.2 Å². The number of rotatable bonds is 3. The van der Waals surface area contributed by atoms with Gasteiger partial charge in [0.05, 0.1) is 11.3 Å². The molecule has 0 unspecified atom stereocenters. The van der Waals surface area contributed by atoms with Crippen LogP contribution < -0.4 is 5.32 Å². The third-order valence-electron chi connectivity index (χ3n) is 2.52. The minimum absolute atomic E-state index is 0.634. The van der Waals surface area contributed by atoms with Gasteiger partial charge in [0, 0.05) is 15.5 Å². The summed E-state index contributed by atoms with van der Waals surface area (Å²) < 4.78 is 1.87. The molecule has 90 valence electrons. The van der Waals surface area contributed by atoms with Gasteiger partial charge >= 0.3 is 0 Å². The van der Waals surface area contributed by atoms with Crippen LogP contribution in [0.25, 0.3) is 0 Å². The first-order chi connectivity index (χ1) is 8.70. The van der Waals surface area contributed by atoms with Gasteiger partial charge in [-0.2, -0.15) is 5.26 Å². The molecule has 0 heterocycles. The highest BCUT2D eigenvalue weighted by atomic mass is 79.9. The molecule has 0 bridgehead atoms. The summed E-state index contributed by atoms with van der Waals surface area (Å²) in [7, 11) is 0. The molecule has 0 saturated heterocycles. The van der Waals surface area contributed by atoms with Crippen molar-refractivity contribution in [3.05, 3.63) is 62.5 Å². The molecular formula is C14H10Br2N2. The molecule has 18 heavy (non-hydrogen) atoms. The second-order valence-electron chi connectivity index (χ2n) is 3.75. The molecule has 0 spiro atoms. The van der Waals surface area contributed by atoms with Crippen LogP contribution in [0.3, 0.4) is 0 Å². The third kappa shape index (κ3) is 3.12. The second kappa shape index (κ2) is 6.03. The Balaban J connectivity index is 2.14. The lowest BCUT2D eigenvalue weighted by Gasteiger charge is -2.09. The molecule has 2 rings (SSSR count). The van der Waals surface area contributed by atoms with Gasteiger partial charge in [-0.15, -0.1) is 0 Å². The van der Waals surface area contributed by atoms with Crippen molar-refractivity contribution in [2.75, 3.05) is 5.32 Å². The van der Waals surface area contributed by atoms with Gasteiger partial charge in [0.25, 0.3) is 0 Å². The van der Waals surface area contributed by atoms with Gasteiger partial charge < -0.3 is 5.32 Å². The topological polar surface area (TPSA) is 35.8 Å². The van der Waals surface area contributed by atoms with Crippen LogP contribution in [0.1, 0.15) is 11.1 Å². The van der Waals surface area contributed by atoms with Crippen molar-refractivity contribution in [3.8, 4) is 6.07 Å². The summed E-state index contributed by atoms with van der Waals surface area (Å²) in [6.07, 6.45) is 0. The Morgan fingerprint density at radius 1 is 1.06 bits per heavy atom. The Labute approximate surface area is 123 Å². The molecule has 0 amide bonds. The van der Waals surface area contributed by atoms with E-state index in [1.165, 1.54) is 5.56 Å². The van der Waals surface area contributed by atoms with Crippen LogP contribution in [0, 0.1) is 11.3 Å². The molecular weight excluding hydrogens is 356 g/mol. The van der Waals surface area contributed by atoms with E-state index >= 15 is 0 Å². The summed E-state index contributed by atoms with van der Waals surface area (Å²) in [5.74, 6) is 0. The first-order valence-corrected chi connectivity index (χ1v) is 6.96. The van der Waals surface area contributed by atoms with Gasteiger partial charge in [-0.1, -0.05) is 34.1 Å². The third-order valence-corrected chi connectivity index (χ3v) is 3.71. The SMILES string of the molecule is N#Cc1c(Br)cccc1NCc1ccc(Br)cc1. The lowest BCUT2D eigenvalue weighted by Crippen LogP contribution is -2.01. The molecule has 0 saturated carbocycles. The molecule has 2 aromatic rings. The monoisotopic (exact) mass is 364 g/mol. The first-order valence-electron chi connectivity index (χ1n) is 5.37. The largest absolute Gasteiger partial charge is 0.380 e. The first kappa shape index (κ1) is 13.1. The van der Waals surface area contributed by atoms with Gasteiger partial charge in [0.2, 0.25) is 0 Å². The number of nitrogens with zero attached hydrogens (tertiary/aromatic N) is 1. The number of anilines is 1. The van der Waals surface area contributed by atoms with Crippen molar-refractivity contribution in [2.24, 2.45) is 0 Å². The van der Waals surface area contributed by atoms with E-state index in [0.29, 0.717) is 12.1 Å². The van der Waals surface area contributed by atoms with Crippen molar-refractivity contribution in [1.29, 1.82) is 5.26 Å². The fourth-order valence-corrected chi connectivity index (χ4v) is 2.30. The Kier molecular flexibility index (Phi) is 4.40. The molecule has 1 N–H and O–H groups in total. The van der Waals surface area contributed by atoms with Gasteiger partial charge in [0.15, 0.2) is 0 Å². The number of hydrogen-bond donors (Lipinski definition) is 1. The van der Waals surface area contributed by atoms with Crippen LogP contribution in [-0.4, -0.2) is 0 Å². The standard InChI is InChI=1S/C14H10Br2N2/c15-11-6-4-10(5-7-11)9-18-14-3-1-2-13(16)12(14)8-17/h1-7,18H,9H2. The number of nitriles is 1. The summed E-state index contributed by atoms with van der Waals surface area (Å²) >= 11 is 6.78. The summed E-state index contributed by atoms with van der Waals surface area (Å²) in [4.78, 5) is 0. The molecule has 0 fully saturated rings. The Hall–Kier alpha value is -1.31. The van der Waals surface area contributed by atoms with E-state index < -0.39 is 0 Å². The molecule has 0 aliphatic rings. The fraction of sp³-hybridized carbons (Fsp3) is 0.0714. The van der Waals surface area contributed by atoms with Gasteiger partial charge in [0.1, 0.15) is 6.07 Å². The summed E-state index contributed by atoms with van der Waals surface area (Å²) in [6, 6.07) is 16.0. The molecule has 0 aliphatic carbocycles. The van der Waals surface area contributed by atoms with Crippen molar-refractivity contribution >= 4 is 37.5 Å². The lowest BCUT2D eigenvalue weighted by molar-refractivity contribution is 1.14. The number of nitrogens with one attached hydrogen (secondary N) is 1. The van der Waals surface area contributed by atoms with Crippen molar-refractivity contribution in [2.45, 2.75) is 6.54 Å². The van der Waals surface area contributed by atoms with Crippen molar-refractivity contribution < 1.29 is 0 Å². The van der Waals surface area contributed by atoms with E-state index in [1.54, 1.807) is 0 Å². The summed E-state index contributed by atoms with van der Waals surface area (Å²) in [5, 5.41) is 12.4. The molecule has 0 atom stereocenters. The Morgan fingerprint density at radius 3 is 2.44 bits per heavy atom. The number of halogens is 2. The molecule has 4 heteroatoms. The molecule has 0 radical (unpaired) electrons. The van der Waals surface area contributed by atoms with E-state index in [9.17, 15) is 0 Å². The van der Waals surface area contributed by atoms with E-state index in [0.717, 1.165) is 14.6 Å². The minimum Gasteiger partial charge on any atom is -0.380 e. The summed E-state index contributed by atoms with van der Waals surface area (Å²) in [5.41, 5.74) is 2.64. The van der Waals surface area contributed by atoms with Gasteiger partial charge in [-0.3, -0.25) is 0 Å². The van der Waals surface area contributed by atoms with Crippen LogP contribution in [-0.2, 0) is 6.54 Å². The molecule has 0 aliphatic heterocycles. The van der Waals surface area contributed by atoms with Crippen molar-refractivity contribution in [3.63, 3.8) is 0 Å². The Bertz CT molecular complexity index is 586. The van der Waals surface area contributed by atoms with Crippen LogP contribution in [0.5, 0.6) is 0 Å². The zero-order valence-electron chi connectivity index (χ0n) is 9.45. The van der Waals surface area contributed by atoms with Gasteiger partial charge in [-0.05, 0) is 45.8 Å². The molecule has 0 aromatic heterocycles. The van der Waals surface area contributed by atoms with E-state index in [-0.39, 0.29) is 0 Å². The van der Waals surface area contributed by atoms with Crippen LogP contribution in [0.15, 0.2) is 51.4 Å². The fourth-order valence-electron chi connectivity index (χ4n) is 1.58.